The molecule has 0 aliphatic carbocycles. The molecule has 2 heterocycles. The number of rotatable bonds is 6. The predicted molar refractivity (Wildman–Crippen MR) is 68.4 cm³/mol. The lowest BCUT2D eigenvalue weighted by Gasteiger charge is -2.12. The molecule has 0 aromatic carbocycles. The summed E-state index contributed by atoms with van der Waals surface area (Å²) in [6.45, 7) is -2.74. The number of hydrogen-bond donors (Lipinski definition) is 0. The summed E-state index contributed by atoms with van der Waals surface area (Å²) >= 11 is 0. The van der Waals surface area contributed by atoms with Crippen LogP contribution in [0.5, 0.6) is 5.88 Å². The van der Waals surface area contributed by atoms with E-state index in [1.165, 1.54) is 6.07 Å². The molecule has 0 bridgehead atoms. The summed E-state index contributed by atoms with van der Waals surface area (Å²) in [6.07, 6.45) is 0.769. The minimum absolute atomic E-state index is 0.0295. The molecule has 1 aromatic heterocycles. The number of alkyl halides is 4. The Morgan fingerprint density at radius 3 is 2.32 bits per heavy atom. The minimum Gasteiger partial charge on any atom is -0.417 e. The molecule has 121 valence electrons. The number of halogens is 4. The Morgan fingerprint density at radius 2 is 1.77 bits per heavy atom. The fourth-order valence-corrected chi connectivity index (χ4v) is 1.86. The van der Waals surface area contributed by atoms with E-state index in [0.717, 1.165) is 4.68 Å². The first-order chi connectivity index (χ1) is 10.5. The number of aromatic nitrogens is 2. The zero-order valence-corrected chi connectivity index (χ0v) is 11.8. The van der Waals surface area contributed by atoms with Crippen LogP contribution in [-0.2, 0) is 11.2 Å². The summed E-state index contributed by atoms with van der Waals surface area (Å²) in [4.78, 5) is 0. The molecule has 0 saturated heterocycles. The van der Waals surface area contributed by atoms with Gasteiger partial charge in [-0.1, -0.05) is 13.8 Å². The van der Waals surface area contributed by atoms with Gasteiger partial charge in [0.25, 0.3) is 5.90 Å². The Hall–Kier alpha value is -2.26. The number of ether oxygens (including phenoxy) is 2. The van der Waals surface area contributed by atoms with Gasteiger partial charge in [0, 0.05) is 6.07 Å². The van der Waals surface area contributed by atoms with Crippen molar-refractivity contribution in [3.8, 4) is 5.88 Å². The molecule has 0 spiro atoms. The van der Waals surface area contributed by atoms with Crippen molar-refractivity contribution in [3.63, 3.8) is 0 Å². The van der Waals surface area contributed by atoms with Crippen LogP contribution in [0.4, 0.5) is 17.6 Å². The first-order valence-electron chi connectivity index (χ1n) is 6.47. The van der Waals surface area contributed by atoms with Gasteiger partial charge >= 0.3 is 13.2 Å². The molecule has 0 atom stereocenters. The van der Waals surface area contributed by atoms with Gasteiger partial charge in [-0.25, -0.2) is 0 Å². The van der Waals surface area contributed by atoms with Gasteiger partial charge in [-0.2, -0.15) is 27.3 Å². The van der Waals surface area contributed by atoms with Gasteiger partial charge in [0.05, 0.1) is 11.4 Å². The maximum atomic E-state index is 12.5. The Bertz CT molecular complexity index is 598. The van der Waals surface area contributed by atoms with Crippen LogP contribution in [0.2, 0.25) is 0 Å². The average molecular weight is 321 g/mol. The molecular weight excluding hydrogens is 308 g/mol. The zero-order chi connectivity index (χ0) is 16.3. The fraction of sp³-hybridized carbons (Fsp3) is 0.500. The molecule has 1 aliphatic heterocycles. The van der Waals surface area contributed by atoms with E-state index in [0.29, 0.717) is 18.5 Å². The molecule has 0 unspecified atom stereocenters. The molecule has 2 rings (SSSR count). The normalized spacial score (nSPS) is 14.6. The first kappa shape index (κ1) is 16.1. The van der Waals surface area contributed by atoms with Gasteiger partial charge in [0.2, 0.25) is 5.88 Å². The van der Waals surface area contributed by atoms with Crippen LogP contribution in [0.25, 0.3) is 5.70 Å². The summed E-state index contributed by atoms with van der Waals surface area (Å²) < 4.78 is 59.5. The van der Waals surface area contributed by atoms with Gasteiger partial charge < -0.3 is 9.47 Å². The van der Waals surface area contributed by atoms with Crippen molar-refractivity contribution in [2.24, 2.45) is 5.10 Å². The van der Waals surface area contributed by atoms with E-state index in [1.807, 2.05) is 0 Å². The quantitative estimate of drug-likeness (QED) is 0.757. The number of nitrogens with zero attached hydrogens (tertiary/aromatic N) is 4. The lowest BCUT2D eigenvalue weighted by Crippen LogP contribution is -2.17. The minimum atomic E-state index is -3.12. The van der Waals surface area contributed by atoms with Gasteiger partial charge in [-0.15, -0.1) is 10.5 Å². The van der Waals surface area contributed by atoms with Crippen molar-refractivity contribution in [2.75, 3.05) is 0 Å². The van der Waals surface area contributed by atoms with E-state index in [-0.39, 0.29) is 17.3 Å². The molecule has 1 aliphatic rings. The van der Waals surface area contributed by atoms with Crippen LogP contribution in [0, 0.1) is 0 Å². The van der Waals surface area contributed by atoms with Crippen LogP contribution in [0.15, 0.2) is 16.9 Å². The van der Waals surface area contributed by atoms with Gasteiger partial charge in [-0.3, -0.25) is 0 Å². The molecule has 6 nitrogen and oxygen atoms in total. The molecular formula is C12H13F4N4O2. The number of hydrogen-bond acceptors (Lipinski definition) is 4. The second-order valence-electron chi connectivity index (χ2n) is 4.15. The number of aryl methyl sites for hydroxylation is 1. The lowest BCUT2D eigenvalue weighted by atomic mass is 10.3. The van der Waals surface area contributed by atoms with Crippen molar-refractivity contribution in [2.45, 2.75) is 39.9 Å². The molecule has 1 radical (unpaired) electrons. The first-order valence-corrected chi connectivity index (χ1v) is 6.47. The summed E-state index contributed by atoms with van der Waals surface area (Å²) in [5, 5.41) is 7.56. The van der Waals surface area contributed by atoms with Crippen molar-refractivity contribution < 1.29 is 27.0 Å². The maximum absolute atomic E-state index is 12.5. The highest BCUT2D eigenvalue weighted by Crippen LogP contribution is 2.28. The van der Waals surface area contributed by atoms with Crippen molar-refractivity contribution in [1.29, 1.82) is 0 Å². The van der Waals surface area contributed by atoms with Crippen LogP contribution < -0.4 is 10.2 Å². The monoisotopic (exact) mass is 321 g/mol. The highest BCUT2D eigenvalue weighted by Gasteiger charge is 2.30. The summed E-state index contributed by atoms with van der Waals surface area (Å²) in [7, 11) is 0. The van der Waals surface area contributed by atoms with Gasteiger partial charge in [0.1, 0.15) is 0 Å². The Morgan fingerprint density at radius 1 is 1.09 bits per heavy atom. The highest BCUT2D eigenvalue weighted by atomic mass is 19.3. The highest BCUT2D eigenvalue weighted by molar-refractivity contribution is 6.16. The van der Waals surface area contributed by atoms with E-state index in [1.54, 1.807) is 13.8 Å². The van der Waals surface area contributed by atoms with Crippen LogP contribution in [0.1, 0.15) is 26.0 Å². The van der Waals surface area contributed by atoms with E-state index < -0.39 is 19.1 Å². The summed E-state index contributed by atoms with van der Waals surface area (Å²) in [5.41, 5.74) is 4.40. The lowest BCUT2D eigenvalue weighted by molar-refractivity contribution is -0.0604. The summed E-state index contributed by atoms with van der Waals surface area (Å²) in [5.74, 6) is -0.785. The fourth-order valence-electron chi connectivity index (χ4n) is 1.86. The van der Waals surface area contributed by atoms with Crippen molar-refractivity contribution in [3.05, 3.63) is 17.5 Å². The molecule has 10 heteroatoms. The van der Waals surface area contributed by atoms with E-state index in [4.69, 9.17) is 0 Å². The predicted octanol–water partition coefficient (Wildman–Crippen LogP) is 2.80. The average Bonchev–Trinajstić information content (AvgIpc) is 3.00. The van der Waals surface area contributed by atoms with Crippen LogP contribution in [-0.4, -0.2) is 28.9 Å². The summed E-state index contributed by atoms with van der Waals surface area (Å²) in [6, 6.07) is 1.30. The zero-order valence-electron chi connectivity index (χ0n) is 11.8. The Balaban J connectivity index is 2.46. The third-order valence-corrected chi connectivity index (χ3v) is 2.78. The third-order valence-electron chi connectivity index (χ3n) is 2.78. The molecule has 0 saturated carbocycles. The van der Waals surface area contributed by atoms with Gasteiger partial charge in [0.15, 0.2) is 5.70 Å². The standard InChI is InChI=1S/C12H13F4N4O2/c1-3-6-5-8(21-11(13)14)20(19-6)9-7(4-2)17-18-10(9)22-12(15)16/h5,11-12H,3-4H2,1-2H3. The van der Waals surface area contributed by atoms with E-state index in [2.05, 4.69) is 25.1 Å². The molecule has 22 heavy (non-hydrogen) atoms. The van der Waals surface area contributed by atoms with Gasteiger partial charge in [-0.05, 0) is 12.8 Å². The van der Waals surface area contributed by atoms with Crippen molar-refractivity contribution >= 4 is 11.6 Å². The molecule has 0 fully saturated rings. The Labute approximate surface area is 123 Å². The number of allylic oxidation sites excluding steroid dienone is 1. The third kappa shape index (κ3) is 3.31. The topological polar surface area (TPSA) is 62.7 Å². The maximum Gasteiger partial charge on any atom is 0.388 e. The Kier molecular flexibility index (Phi) is 4.88. The second kappa shape index (κ2) is 6.67. The van der Waals surface area contributed by atoms with Crippen molar-refractivity contribution in [1.82, 2.24) is 15.2 Å². The largest absolute Gasteiger partial charge is 0.417 e. The second-order valence-corrected chi connectivity index (χ2v) is 4.15. The molecule has 0 N–H and O–H groups in total. The van der Waals surface area contributed by atoms with Crippen LogP contribution in [0.3, 0.4) is 0 Å². The molecule has 1 aromatic rings. The van der Waals surface area contributed by atoms with E-state index in [9.17, 15) is 17.6 Å². The molecule has 0 amide bonds. The van der Waals surface area contributed by atoms with E-state index >= 15 is 0 Å². The smallest absolute Gasteiger partial charge is 0.388 e. The van der Waals surface area contributed by atoms with Crippen LogP contribution >= 0.6 is 0 Å². The SMILES string of the molecule is CCC1=C(n2nc(CC)cc2OC(F)F)C(OC(F)F)=N[N]1.